The maximum Gasteiger partial charge on any atom is 0.224 e. The maximum absolute atomic E-state index is 11.6. The van der Waals surface area contributed by atoms with Crippen molar-refractivity contribution in [3.05, 3.63) is 29.8 Å². The molecule has 0 saturated carbocycles. The van der Waals surface area contributed by atoms with Crippen molar-refractivity contribution >= 4 is 11.6 Å². The number of hydrogen-bond acceptors (Lipinski definition) is 3. The zero-order chi connectivity index (χ0) is 13.4. The normalized spacial score (nSPS) is 12.2. The third-order valence-electron chi connectivity index (χ3n) is 2.57. The minimum atomic E-state index is -0.485. The molecule has 0 aromatic heterocycles. The van der Waals surface area contributed by atoms with Crippen LogP contribution in [0.5, 0.6) is 0 Å². The minimum Gasteiger partial charge on any atom is -0.389 e. The highest BCUT2D eigenvalue weighted by Crippen LogP contribution is 2.15. The standard InChI is InChI=1S/C14H21NO3/c1-3-18-10-4-5-14(17)15-13-8-6-12(7-9-13)11(2)16/h6-9,11,16H,3-5,10H2,1-2H3,(H,15,17). The molecule has 0 fully saturated rings. The number of benzene rings is 1. The number of ether oxygens (including phenoxy) is 1. The molecule has 1 aromatic rings. The van der Waals surface area contributed by atoms with Crippen molar-refractivity contribution in [3.63, 3.8) is 0 Å². The van der Waals surface area contributed by atoms with Gasteiger partial charge in [-0.05, 0) is 38.0 Å². The number of anilines is 1. The summed E-state index contributed by atoms with van der Waals surface area (Å²) >= 11 is 0. The Labute approximate surface area is 108 Å². The van der Waals surface area contributed by atoms with Crippen molar-refractivity contribution in [3.8, 4) is 0 Å². The van der Waals surface area contributed by atoms with Crippen molar-refractivity contribution in [1.29, 1.82) is 0 Å². The van der Waals surface area contributed by atoms with Crippen LogP contribution in [0.25, 0.3) is 0 Å². The molecule has 0 spiro atoms. The van der Waals surface area contributed by atoms with Crippen LogP contribution in [0, 0.1) is 0 Å². The second-order valence-electron chi connectivity index (χ2n) is 4.15. The molecule has 18 heavy (non-hydrogen) atoms. The first-order valence-electron chi connectivity index (χ1n) is 6.29. The van der Waals surface area contributed by atoms with Crippen molar-refractivity contribution in [2.45, 2.75) is 32.8 Å². The molecule has 100 valence electrons. The van der Waals surface area contributed by atoms with Crippen LogP contribution >= 0.6 is 0 Å². The molecule has 0 saturated heterocycles. The Morgan fingerprint density at radius 1 is 1.39 bits per heavy atom. The molecule has 2 N–H and O–H groups in total. The monoisotopic (exact) mass is 251 g/mol. The second kappa shape index (κ2) is 7.84. The van der Waals surface area contributed by atoms with Crippen molar-refractivity contribution in [1.82, 2.24) is 0 Å². The maximum atomic E-state index is 11.6. The highest BCUT2D eigenvalue weighted by Gasteiger charge is 2.04. The van der Waals surface area contributed by atoms with E-state index >= 15 is 0 Å². The molecule has 0 radical (unpaired) electrons. The molecule has 0 bridgehead atoms. The fourth-order valence-electron chi connectivity index (χ4n) is 1.55. The van der Waals surface area contributed by atoms with Crippen molar-refractivity contribution in [2.24, 2.45) is 0 Å². The van der Waals surface area contributed by atoms with Gasteiger partial charge in [0.05, 0.1) is 6.10 Å². The van der Waals surface area contributed by atoms with Crippen LogP contribution in [-0.2, 0) is 9.53 Å². The number of aliphatic hydroxyl groups is 1. The first kappa shape index (κ1) is 14.7. The molecule has 1 aromatic carbocycles. The van der Waals surface area contributed by atoms with E-state index in [4.69, 9.17) is 4.74 Å². The van der Waals surface area contributed by atoms with Crippen LogP contribution < -0.4 is 5.32 Å². The molecule has 0 aliphatic carbocycles. The van der Waals surface area contributed by atoms with Gasteiger partial charge in [0.15, 0.2) is 0 Å². The molecular formula is C14H21NO3. The summed E-state index contributed by atoms with van der Waals surface area (Å²) in [7, 11) is 0. The van der Waals surface area contributed by atoms with E-state index in [1.165, 1.54) is 0 Å². The van der Waals surface area contributed by atoms with Crippen LogP contribution in [0.1, 0.15) is 38.4 Å². The van der Waals surface area contributed by atoms with E-state index in [1.807, 2.05) is 6.92 Å². The topological polar surface area (TPSA) is 58.6 Å². The van der Waals surface area contributed by atoms with Gasteiger partial charge in [0, 0.05) is 25.3 Å². The van der Waals surface area contributed by atoms with Crippen LogP contribution in [-0.4, -0.2) is 24.2 Å². The van der Waals surface area contributed by atoms with E-state index in [0.29, 0.717) is 19.6 Å². The Bertz CT molecular complexity index is 360. The first-order chi connectivity index (χ1) is 8.63. The van der Waals surface area contributed by atoms with E-state index in [2.05, 4.69) is 5.32 Å². The van der Waals surface area contributed by atoms with Gasteiger partial charge in [0.25, 0.3) is 0 Å². The molecule has 4 nitrogen and oxygen atoms in total. The second-order valence-corrected chi connectivity index (χ2v) is 4.15. The zero-order valence-corrected chi connectivity index (χ0v) is 11.0. The van der Waals surface area contributed by atoms with Crippen LogP contribution in [0.3, 0.4) is 0 Å². The Balaban J connectivity index is 2.35. The fraction of sp³-hybridized carbons (Fsp3) is 0.500. The van der Waals surface area contributed by atoms with Crippen molar-refractivity contribution in [2.75, 3.05) is 18.5 Å². The number of aliphatic hydroxyl groups excluding tert-OH is 1. The average molecular weight is 251 g/mol. The summed E-state index contributed by atoms with van der Waals surface area (Å²) in [5, 5.41) is 12.2. The smallest absolute Gasteiger partial charge is 0.224 e. The molecule has 0 aliphatic rings. The third kappa shape index (κ3) is 5.29. The van der Waals surface area contributed by atoms with E-state index in [-0.39, 0.29) is 5.91 Å². The number of amides is 1. The molecular weight excluding hydrogens is 230 g/mol. The summed E-state index contributed by atoms with van der Waals surface area (Å²) < 4.78 is 5.17. The summed E-state index contributed by atoms with van der Waals surface area (Å²) in [6, 6.07) is 7.20. The van der Waals surface area contributed by atoms with Crippen LogP contribution in [0.15, 0.2) is 24.3 Å². The number of carbonyl (C=O) groups excluding carboxylic acids is 1. The Morgan fingerprint density at radius 2 is 2.06 bits per heavy atom. The first-order valence-corrected chi connectivity index (χ1v) is 6.29. The molecule has 1 amide bonds. The highest BCUT2D eigenvalue weighted by atomic mass is 16.5. The minimum absolute atomic E-state index is 0.0144. The summed E-state index contributed by atoms with van der Waals surface area (Å²) in [5.41, 5.74) is 1.59. The largest absolute Gasteiger partial charge is 0.389 e. The molecule has 1 atom stereocenters. The predicted octanol–water partition coefficient (Wildman–Crippen LogP) is 2.50. The van der Waals surface area contributed by atoms with Crippen molar-refractivity contribution < 1.29 is 14.6 Å². The predicted molar refractivity (Wildman–Crippen MR) is 71.4 cm³/mol. The van der Waals surface area contributed by atoms with Gasteiger partial charge in [-0.3, -0.25) is 4.79 Å². The van der Waals surface area contributed by atoms with E-state index in [0.717, 1.165) is 17.7 Å². The Hall–Kier alpha value is -1.39. The average Bonchev–Trinajstić information content (AvgIpc) is 2.35. The van der Waals surface area contributed by atoms with Gasteiger partial charge >= 0.3 is 0 Å². The summed E-state index contributed by atoms with van der Waals surface area (Å²) in [4.78, 5) is 11.6. The number of nitrogens with one attached hydrogen (secondary N) is 1. The van der Waals surface area contributed by atoms with E-state index < -0.39 is 6.10 Å². The van der Waals surface area contributed by atoms with Gasteiger partial charge in [0.2, 0.25) is 5.91 Å². The molecule has 1 rings (SSSR count). The van der Waals surface area contributed by atoms with Crippen LogP contribution in [0.4, 0.5) is 5.69 Å². The SMILES string of the molecule is CCOCCCC(=O)Nc1ccc(C(C)O)cc1. The number of hydrogen-bond donors (Lipinski definition) is 2. The summed E-state index contributed by atoms with van der Waals surface area (Å²) in [6.45, 7) is 4.94. The quantitative estimate of drug-likeness (QED) is 0.732. The van der Waals surface area contributed by atoms with Gasteiger partial charge in [-0.1, -0.05) is 12.1 Å². The van der Waals surface area contributed by atoms with E-state index in [9.17, 15) is 9.90 Å². The lowest BCUT2D eigenvalue weighted by molar-refractivity contribution is -0.116. The molecule has 0 heterocycles. The lowest BCUT2D eigenvalue weighted by Gasteiger charge is -2.08. The lowest BCUT2D eigenvalue weighted by Crippen LogP contribution is -2.12. The van der Waals surface area contributed by atoms with Gasteiger partial charge < -0.3 is 15.2 Å². The van der Waals surface area contributed by atoms with Gasteiger partial charge in [-0.2, -0.15) is 0 Å². The molecule has 4 heteroatoms. The van der Waals surface area contributed by atoms with Gasteiger partial charge in [-0.25, -0.2) is 0 Å². The highest BCUT2D eigenvalue weighted by molar-refractivity contribution is 5.90. The Kier molecular flexibility index (Phi) is 6.39. The number of rotatable bonds is 7. The lowest BCUT2D eigenvalue weighted by atomic mass is 10.1. The molecule has 1 unspecified atom stereocenters. The zero-order valence-electron chi connectivity index (χ0n) is 11.0. The molecule has 0 aliphatic heterocycles. The number of carbonyl (C=O) groups is 1. The fourth-order valence-corrected chi connectivity index (χ4v) is 1.55. The van der Waals surface area contributed by atoms with Crippen LogP contribution in [0.2, 0.25) is 0 Å². The third-order valence-corrected chi connectivity index (χ3v) is 2.57. The van der Waals surface area contributed by atoms with E-state index in [1.54, 1.807) is 31.2 Å². The summed E-state index contributed by atoms with van der Waals surface area (Å²) in [6.07, 6.45) is 0.699. The summed E-state index contributed by atoms with van der Waals surface area (Å²) in [5.74, 6) is -0.0144. The van der Waals surface area contributed by atoms with Gasteiger partial charge in [-0.15, -0.1) is 0 Å². The Morgan fingerprint density at radius 3 is 2.61 bits per heavy atom. The van der Waals surface area contributed by atoms with Gasteiger partial charge in [0.1, 0.15) is 0 Å².